The number of carbonyl (C=O) groups excluding carboxylic acids is 2. The lowest BCUT2D eigenvalue weighted by atomic mass is 10.0. The fourth-order valence-corrected chi connectivity index (χ4v) is 1.56. The summed E-state index contributed by atoms with van der Waals surface area (Å²) in [5, 5.41) is 8.85. The fourth-order valence-electron chi connectivity index (χ4n) is 1.56. The third kappa shape index (κ3) is 4.80. The standard InChI is InChI=1S/C13H10F3NO4/c1-2-20-12(19)5-8-3-9(6-17)10(7-18)4-11(8)21-13(14,15)16/h3-4,7H,2,5H2,1H3. The maximum Gasteiger partial charge on any atom is 0.573 e. The Hall–Kier alpha value is -2.56. The molecule has 0 aliphatic heterocycles. The molecule has 112 valence electrons. The molecule has 0 N–H and O–H groups in total. The van der Waals surface area contributed by atoms with Crippen LogP contribution in [0.15, 0.2) is 12.1 Å². The van der Waals surface area contributed by atoms with E-state index in [-0.39, 0.29) is 29.6 Å². The van der Waals surface area contributed by atoms with Gasteiger partial charge in [0.05, 0.1) is 24.7 Å². The first-order chi connectivity index (χ1) is 9.80. The van der Waals surface area contributed by atoms with Gasteiger partial charge < -0.3 is 9.47 Å². The summed E-state index contributed by atoms with van der Waals surface area (Å²) in [6.07, 6.45) is -5.26. The first-order valence-corrected chi connectivity index (χ1v) is 5.74. The van der Waals surface area contributed by atoms with Crippen molar-refractivity contribution in [2.45, 2.75) is 19.7 Å². The molecule has 0 saturated carbocycles. The maximum atomic E-state index is 12.3. The fraction of sp³-hybridized carbons (Fsp3) is 0.308. The highest BCUT2D eigenvalue weighted by molar-refractivity contribution is 5.82. The van der Waals surface area contributed by atoms with Gasteiger partial charge in [-0.05, 0) is 19.1 Å². The van der Waals surface area contributed by atoms with Crippen LogP contribution in [-0.4, -0.2) is 25.2 Å². The Morgan fingerprint density at radius 1 is 1.43 bits per heavy atom. The molecule has 0 aliphatic rings. The molecule has 0 spiro atoms. The highest BCUT2D eigenvalue weighted by Crippen LogP contribution is 2.29. The van der Waals surface area contributed by atoms with Crippen molar-refractivity contribution in [3.05, 3.63) is 28.8 Å². The molecule has 0 fully saturated rings. The second-order valence-corrected chi connectivity index (χ2v) is 3.81. The van der Waals surface area contributed by atoms with Crippen LogP contribution in [0.2, 0.25) is 0 Å². The molecule has 0 saturated heterocycles. The van der Waals surface area contributed by atoms with Gasteiger partial charge in [0.2, 0.25) is 0 Å². The van der Waals surface area contributed by atoms with Gasteiger partial charge >= 0.3 is 12.3 Å². The van der Waals surface area contributed by atoms with Gasteiger partial charge in [0, 0.05) is 11.1 Å². The van der Waals surface area contributed by atoms with Gasteiger partial charge in [-0.1, -0.05) is 0 Å². The average Bonchev–Trinajstić information content (AvgIpc) is 2.38. The second-order valence-electron chi connectivity index (χ2n) is 3.81. The third-order valence-corrected chi connectivity index (χ3v) is 2.35. The highest BCUT2D eigenvalue weighted by Gasteiger charge is 2.33. The summed E-state index contributed by atoms with van der Waals surface area (Å²) < 4.78 is 45.4. The minimum atomic E-state index is -4.99. The number of benzene rings is 1. The molecule has 0 heterocycles. The lowest BCUT2D eigenvalue weighted by Crippen LogP contribution is -2.19. The quantitative estimate of drug-likeness (QED) is 0.616. The van der Waals surface area contributed by atoms with E-state index in [1.54, 1.807) is 13.0 Å². The molecule has 21 heavy (non-hydrogen) atoms. The number of halogens is 3. The van der Waals surface area contributed by atoms with Crippen LogP contribution in [0.25, 0.3) is 0 Å². The number of rotatable bonds is 5. The first-order valence-electron chi connectivity index (χ1n) is 5.74. The van der Waals surface area contributed by atoms with Crippen molar-refractivity contribution in [1.29, 1.82) is 5.26 Å². The van der Waals surface area contributed by atoms with Crippen molar-refractivity contribution in [2.24, 2.45) is 0 Å². The van der Waals surface area contributed by atoms with E-state index in [0.29, 0.717) is 0 Å². The Morgan fingerprint density at radius 3 is 2.57 bits per heavy atom. The minimum Gasteiger partial charge on any atom is -0.466 e. The monoisotopic (exact) mass is 301 g/mol. The number of carbonyl (C=O) groups is 2. The van der Waals surface area contributed by atoms with Gasteiger partial charge in [-0.25, -0.2) is 0 Å². The molecule has 1 aromatic carbocycles. The molecule has 0 unspecified atom stereocenters. The molecule has 0 amide bonds. The minimum absolute atomic E-state index is 0.0613. The second kappa shape index (κ2) is 6.74. The van der Waals surface area contributed by atoms with Gasteiger partial charge in [-0.15, -0.1) is 13.2 Å². The van der Waals surface area contributed by atoms with Crippen LogP contribution < -0.4 is 4.74 Å². The number of aldehydes is 1. The Kier molecular flexibility index (Phi) is 5.30. The van der Waals surface area contributed by atoms with Gasteiger partial charge in [0.1, 0.15) is 5.75 Å². The molecule has 0 radical (unpaired) electrons. The summed E-state index contributed by atoms with van der Waals surface area (Å²) in [5.41, 5.74) is -0.601. The Bertz CT molecular complexity index is 590. The zero-order valence-electron chi connectivity index (χ0n) is 10.9. The number of hydrogen-bond donors (Lipinski definition) is 0. The molecular formula is C13H10F3NO4. The topological polar surface area (TPSA) is 76.4 Å². The van der Waals surface area contributed by atoms with Crippen LogP contribution >= 0.6 is 0 Å². The van der Waals surface area contributed by atoms with Crippen LogP contribution in [0.1, 0.15) is 28.4 Å². The van der Waals surface area contributed by atoms with Gasteiger partial charge in [-0.2, -0.15) is 5.26 Å². The number of ether oxygens (including phenoxy) is 2. The predicted molar refractivity (Wildman–Crippen MR) is 63.6 cm³/mol. The molecule has 0 bridgehead atoms. The summed E-state index contributed by atoms with van der Waals surface area (Å²) in [6, 6.07) is 3.44. The number of hydrogen-bond acceptors (Lipinski definition) is 5. The van der Waals surface area contributed by atoms with Crippen molar-refractivity contribution in [3.8, 4) is 11.8 Å². The summed E-state index contributed by atoms with van der Waals surface area (Å²) >= 11 is 0. The van der Waals surface area contributed by atoms with Crippen LogP contribution in [0.5, 0.6) is 5.75 Å². The van der Waals surface area contributed by atoms with Crippen LogP contribution in [0.4, 0.5) is 13.2 Å². The van der Waals surface area contributed by atoms with Crippen LogP contribution in [-0.2, 0) is 16.0 Å². The molecule has 0 atom stereocenters. The van der Waals surface area contributed by atoms with E-state index >= 15 is 0 Å². The Balaban J connectivity index is 3.26. The summed E-state index contributed by atoms with van der Waals surface area (Å²) in [7, 11) is 0. The lowest BCUT2D eigenvalue weighted by Gasteiger charge is -2.14. The van der Waals surface area contributed by atoms with E-state index in [1.165, 1.54) is 0 Å². The van der Waals surface area contributed by atoms with Crippen LogP contribution in [0, 0.1) is 11.3 Å². The Morgan fingerprint density at radius 2 is 2.10 bits per heavy atom. The lowest BCUT2D eigenvalue weighted by molar-refractivity contribution is -0.275. The molecule has 5 nitrogen and oxygen atoms in total. The zero-order chi connectivity index (χ0) is 16.0. The van der Waals surface area contributed by atoms with E-state index in [4.69, 9.17) is 5.26 Å². The number of alkyl halides is 3. The molecule has 1 rings (SSSR count). The SMILES string of the molecule is CCOC(=O)Cc1cc(C#N)c(C=O)cc1OC(F)(F)F. The highest BCUT2D eigenvalue weighted by atomic mass is 19.4. The summed E-state index contributed by atoms with van der Waals surface area (Å²) in [5.74, 6) is -1.48. The summed E-state index contributed by atoms with van der Waals surface area (Å²) in [6.45, 7) is 1.60. The van der Waals surface area contributed by atoms with Crippen molar-refractivity contribution in [3.63, 3.8) is 0 Å². The van der Waals surface area contributed by atoms with E-state index in [0.717, 1.165) is 12.1 Å². The molecule has 0 aliphatic carbocycles. The Labute approximate surface area is 117 Å². The third-order valence-electron chi connectivity index (χ3n) is 2.35. The van der Waals surface area contributed by atoms with Crippen molar-refractivity contribution < 1.29 is 32.2 Å². The van der Waals surface area contributed by atoms with E-state index in [2.05, 4.69) is 9.47 Å². The molecule has 1 aromatic rings. The van der Waals surface area contributed by atoms with E-state index < -0.39 is 24.5 Å². The van der Waals surface area contributed by atoms with Crippen molar-refractivity contribution in [2.75, 3.05) is 6.61 Å². The molecule has 0 aromatic heterocycles. The van der Waals surface area contributed by atoms with Gasteiger partial charge in [0.25, 0.3) is 0 Å². The average molecular weight is 301 g/mol. The molecular weight excluding hydrogens is 291 g/mol. The van der Waals surface area contributed by atoms with Crippen LogP contribution in [0.3, 0.4) is 0 Å². The molecule has 8 heteroatoms. The normalized spacial score (nSPS) is 10.6. The predicted octanol–water partition coefficient (Wildman–Crippen LogP) is 2.37. The number of esters is 1. The van der Waals surface area contributed by atoms with Gasteiger partial charge in [-0.3, -0.25) is 9.59 Å². The number of nitriles is 1. The largest absolute Gasteiger partial charge is 0.573 e. The van der Waals surface area contributed by atoms with E-state index in [9.17, 15) is 22.8 Å². The number of nitrogens with zero attached hydrogens (tertiary/aromatic N) is 1. The van der Waals surface area contributed by atoms with Crippen molar-refractivity contribution in [1.82, 2.24) is 0 Å². The van der Waals surface area contributed by atoms with E-state index in [1.807, 2.05) is 0 Å². The summed E-state index contributed by atoms with van der Waals surface area (Å²) in [4.78, 5) is 22.1. The first kappa shape index (κ1) is 16.5. The van der Waals surface area contributed by atoms with Gasteiger partial charge in [0.15, 0.2) is 6.29 Å². The maximum absolute atomic E-state index is 12.3. The van der Waals surface area contributed by atoms with Crippen molar-refractivity contribution >= 4 is 12.3 Å². The smallest absolute Gasteiger partial charge is 0.466 e. The zero-order valence-corrected chi connectivity index (χ0v) is 10.9.